The first kappa shape index (κ1) is 19.8. The lowest BCUT2D eigenvalue weighted by molar-refractivity contribution is 0.102. The summed E-state index contributed by atoms with van der Waals surface area (Å²) in [4.78, 5) is 22.3. The molecule has 3 aromatic heterocycles. The summed E-state index contributed by atoms with van der Waals surface area (Å²) in [5.74, 6) is 0.749. The fourth-order valence-corrected chi connectivity index (χ4v) is 3.87. The number of para-hydroxylation sites is 3. The van der Waals surface area contributed by atoms with E-state index in [9.17, 15) is 4.79 Å². The largest absolute Gasteiger partial charge is 0.486 e. The van der Waals surface area contributed by atoms with E-state index in [1.54, 1.807) is 12.1 Å². The maximum absolute atomic E-state index is 13.1. The monoisotopic (exact) mass is 425 g/mol. The summed E-state index contributed by atoms with van der Waals surface area (Å²) in [6, 6.07) is 19.0. The number of hydrogen-bond donors (Lipinski definition) is 1. The molecule has 7 heteroatoms. The highest BCUT2D eigenvalue weighted by atomic mass is 16.5. The van der Waals surface area contributed by atoms with Gasteiger partial charge < -0.3 is 13.7 Å². The van der Waals surface area contributed by atoms with Gasteiger partial charge in [-0.15, -0.1) is 0 Å². The van der Waals surface area contributed by atoms with Crippen molar-refractivity contribution in [2.45, 2.75) is 27.0 Å². The van der Waals surface area contributed by atoms with E-state index in [-0.39, 0.29) is 12.5 Å². The average Bonchev–Trinajstić information content (AvgIpc) is 3.39. The van der Waals surface area contributed by atoms with Crippen LogP contribution >= 0.6 is 0 Å². The molecule has 1 amide bonds. The van der Waals surface area contributed by atoms with Gasteiger partial charge in [-0.25, -0.2) is 9.97 Å². The summed E-state index contributed by atoms with van der Waals surface area (Å²) in [5.41, 5.74) is 5.06. The maximum Gasteiger partial charge on any atom is 0.261 e. The first-order chi connectivity index (χ1) is 15.6. The van der Waals surface area contributed by atoms with Crippen LogP contribution in [0.2, 0.25) is 0 Å². The van der Waals surface area contributed by atoms with Crippen LogP contribution < -0.4 is 10.1 Å². The Bertz CT molecular complexity index is 1430. The van der Waals surface area contributed by atoms with Crippen LogP contribution in [0.3, 0.4) is 0 Å². The Kier molecular flexibility index (Phi) is 5.07. The molecule has 0 aliphatic heterocycles. The summed E-state index contributed by atoms with van der Waals surface area (Å²) in [7, 11) is 0. The zero-order valence-corrected chi connectivity index (χ0v) is 17.9. The number of fused-ring (bicyclic) bond motifs is 2. The highest BCUT2D eigenvalue weighted by Crippen LogP contribution is 2.23. The van der Waals surface area contributed by atoms with Gasteiger partial charge in [0.15, 0.2) is 0 Å². The Balaban J connectivity index is 1.38. The summed E-state index contributed by atoms with van der Waals surface area (Å²) in [6.45, 7) is 5.01. The zero-order valence-electron chi connectivity index (χ0n) is 17.9. The number of aromatic nitrogens is 4. The van der Waals surface area contributed by atoms with Crippen LogP contribution in [0.25, 0.3) is 16.7 Å². The Labute approximate surface area is 185 Å². The molecular formula is C25H23N5O2. The normalized spacial score (nSPS) is 11.2. The Hall–Kier alpha value is -4.13. The first-order valence-electron chi connectivity index (χ1n) is 10.6. The van der Waals surface area contributed by atoms with Crippen molar-refractivity contribution in [1.29, 1.82) is 0 Å². The summed E-state index contributed by atoms with van der Waals surface area (Å²) in [5, 5.41) is 2.95. The Morgan fingerprint density at radius 2 is 1.84 bits per heavy atom. The van der Waals surface area contributed by atoms with Gasteiger partial charge in [0.2, 0.25) is 5.95 Å². The van der Waals surface area contributed by atoms with Crippen LogP contribution in [0.4, 0.5) is 5.95 Å². The number of hydrogen-bond acceptors (Lipinski definition) is 4. The molecule has 5 rings (SSSR count). The Morgan fingerprint density at radius 3 is 2.69 bits per heavy atom. The topological polar surface area (TPSA) is 73.5 Å². The molecule has 1 N–H and O–H groups in total. The number of nitrogens with one attached hydrogen (secondary N) is 1. The third kappa shape index (κ3) is 3.58. The molecule has 0 unspecified atom stereocenters. The number of ether oxygens (including phenoxy) is 1. The van der Waals surface area contributed by atoms with Gasteiger partial charge in [0.1, 0.15) is 18.0 Å². The van der Waals surface area contributed by atoms with Crippen LogP contribution in [0.15, 0.2) is 73.1 Å². The van der Waals surface area contributed by atoms with Crippen LogP contribution in [-0.2, 0) is 13.2 Å². The number of carbonyl (C=O) groups is 1. The number of amides is 1. The number of benzene rings is 2. The van der Waals surface area contributed by atoms with Crippen LogP contribution in [-0.4, -0.2) is 24.8 Å². The molecule has 0 aliphatic carbocycles. The third-order valence-corrected chi connectivity index (χ3v) is 5.43. The molecule has 7 nitrogen and oxygen atoms in total. The highest BCUT2D eigenvalue weighted by Gasteiger charge is 2.17. The number of imidazole rings is 2. The predicted octanol–water partition coefficient (Wildman–Crippen LogP) is 4.84. The molecule has 0 fully saturated rings. The van der Waals surface area contributed by atoms with E-state index in [1.165, 1.54) is 0 Å². The molecule has 0 aliphatic rings. The second-order valence-corrected chi connectivity index (χ2v) is 7.56. The number of carbonyl (C=O) groups excluding carboxylic acids is 1. The fourth-order valence-electron chi connectivity index (χ4n) is 3.87. The van der Waals surface area contributed by atoms with Crippen molar-refractivity contribution in [2.24, 2.45) is 0 Å². The van der Waals surface area contributed by atoms with Crippen molar-refractivity contribution in [3.8, 4) is 5.75 Å². The van der Waals surface area contributed by atoms with Gasteiger partial charge in [-0.05, 0) is 49.7 Å². The standard InChI is InChI=1S/C25H23N5O2/c1-3-30-21-12-6-5-11-20(21)27-25(30)28-24(31)19-10-4-7-13-22(19)32-16-18-15-29-14-8-9-17(2)23(29)26-18/h4-15H,3,16H2,1-2H3,(H,27,28,31). The zero-order chi connectivity index (χ0) is 22.1. The number of aryl methyl sites for hydroxylation is 2. The molecule has 32 heavy (non-hydrogen) atoms. The van der Waals surface area contributed by atoms with E-state index in [0.29, 0.717) is 23.8 Å². The van der Waals surface area contributed by atoms with E-state index < -0.39 is 0 Å². The van der Waals surface area contributed by atoms with E-state index in [0.717, 1.165) is 27.9 Å². The molecular weight excluding hydrogens is 402 g/mol. The van der Waals surface area contributed by atoms with Gasteiger partial charge >= 0.3 is 0 Å². The van der Waals surface area contributed by atoms with Crippen molar-refractivity contribution in [3.63, 3.8) is 0 Å². The van der Waals surface area contributed by atoms with E-state index in [4.69, 9.17) is 4.74 Å². The lowest BCUT2D eigenvalue weighted by atomic mass is 10.2. The molecule has 0 saturated heterocycles. The molecule has 160 valence electrons. The number of anilines is 1. The maximum atomic E-state index is 13.1. The van der Waals surface area contributed by atoms with Crippen molar-refractivity contribution >= 4 is 28.5 Å². The number of rotatable bonds is 6. The smallest absolute Gasteiger partial charge is 0.261 e. The van der Waals surface area contributed by atoms with Crippen LogP contribution in [0, 0.1) is 6.92 Å². The first-order valence-corrected chi connectivity index (χ1v) is 10.6. The van der Waals surface area contributed by atoms with E-state index in [1.807, 2.05) is 83.7 Å². The number of pyridine rings is 1. The quantitative estimate of drug-likeness (QED) is 0.422. The molecule has 0 saturated carbocycles. The fraction of sp³-hybridized carbons (Fsp3) is 0.160. The molecule has 2 aromatic carbocycles. The van der Waals surface area contributed by atoms with E-state index >= 15 is 0 Å². The highest BCUT2D eigenvalue weighted by molar-refractivity contribution is 6.06. The SMILES string of the molecule is CCn1c(NC(=O)c2ccccc2OCc2cn3cccc(C)c3n2)nc2ccccc21. The molecule has 0 atom stereocenters. The van der Waals surface area contributed by atoms with Gasteiger partial charge in [0, 0.05) is 18.9 Å². The van der Waals surface area contributed by atoms with Crippen molar-refractivity contribution in [2.75, 3.05) is 5.32 Å². The van der Waals surface area contributed by atoms with Crippen molar-refractivity contribution in [3.05, 3.63) is 89.9 Å². The summed E-state index contributed by atoms with van der Waals surface area (Å²) >= 11 is 0. The van der Waals surface area contributed by atoms with E-state index in [2.05, 4.69) is 15.3 Å². The molecule has 3 heterocycles. The van der Waals surface area contributed by atoms with Crippen molar-refractivity contribution in [1.82, 2.24) is 18.9 Å². The van der Waals surface area contributed by atoms with Gasteiger partial charge in [-0.2, -0.15) is 0 Å². The Morgan fingerprint density at radius 1 is 1.03 bits per heavy atom. The van der Waals surface area contributed by atoms with Crippen LogP contribution in [0.5, 0.6) is 5.75 Å². The molecule has 5 aromatic rings. The lowest BCUT2D eigenvalue weighted by Gasteiger charge is -2.11. The van der Waals surface area contributed by atoms with Gasteiger partial charge in [0.05, 0.1) is 22.3 Å². The minimum atomic E-state index is -0.267. The second-order valence-electron chi connectivity index (χ2n) is 7.56. The summed E-state index contributed by atoms with van der Waals surface area (Å²) in [6.07, 6.45) is 3.90. The lowest BCUT2D eigenvalue weighted by Crippen LogP contribution is -2.17. The average molecular weight is 425 g/mol. The molecule has 0 bridgehead atoms. The minimum Gasteiger partial charge on any atom is -0.486 e. The van der Waals surface area contributed by atoms with Crippen LogP contribution in [0.1, 0.15) is 28.5 Å². The third-order valence-electron chi connectivity index (χ3n) is 5.43. The summed E-state index contributed by atoms with van der Waals surface area (Å²) < 4.78 is 9.96. The van der Waals surface area contributed by atoms with Gasteiger partial charge in [-0.1, -0.05) is 30.3 Å². The predicted molar refractivity (Wildman–Crippen MR) is 124 cm³/mol. The minimum absolute atomic E-state index is 0.263. The van der Waals surface area contributed by atoms with Gasteiger partial charge in [0.25, 0.3) is 5.91 Å². The molecule has 0 spiro atoms. The van der Waals surface area contributed by atoms with Gasteiger partial charge in [-0.3, -0.25) is 10.1 Å². The van der Waals surface area contributed by atoms with Crippen molar-refractivity contribution < 1.29 is 9.53 Å². The molecule has 0 radical (unpaired) electrons. The number of nitrogens with zero attached hydrogens (tertiary/aromatic N) is 4. The second kappa shape index (κ2) is 8.19.